The Morgan fingerprint density at radius 2 is 1.27 bits per heavy atom. The zero-order valence-electron chi connectivity index (χ0n) is 23.3. The van der Waals surface area contributed by atoms with E-state index in [0.717, 1.165) is 24.8 Å². The minimum Gasteiger partial charge on any atom is -0.465 e. The number of aryl methyl sites for hydroxylation is 1. The molecule has 0 aliphatic rings. The summed E-state index contributed by atoms with van der Waals surface area (Å²) in [5.74, 6) is -0.810. The first-order valence-corrected chi connectivity index (χ1v) is 15.8. The van der Waals surface area contributed by atoms with Crippen LogP contribution in [0.1, 0.15) is 122 Å². The van der Waals surface area contributed by atoms with Gasteiger partial charge in [0.2, 0.25) is 0 Å². The van der Waals surface area contributed by atoms with Gasteiger partial charge in [-0.05, 0) is 25.5 Å². The molecule has 1 rings (SSSR count). The summed E-state index contributed by atoms with van der Waals surface area (Å²) in [4.78, 5) is 23.1. The third-order valence-electron chi connectivity index (χ3n) is 6.66. The Bertz CT molecular complexity index is 819. The predicted octanol–water partition coefficient (Wildman–Crippen LogP) is 7.71. The van der Waals surface area contributed by atoms with Gasteiger partial charge in [-0.15, -0.1) is 0 Å². The minimum atomic E-state index is -3.92. The van der Waals surface area contributed by atoms with E-state index in [1.54, 1.807) is 12.1 Å². The molecule has 1 aromatic rings. The number of ether oxygens (including phenoxy) is 1. The number of esters is 1. The molecular weight excluding hydrogens is 488 g/mol. The van der Waals surface area contributed by atoms with Gasteiger partial charge < -0.3 is 9.53 Å². The quantitative estimate of drug-likeness (QED) is 0.0580. The van der Waals surface area contributed by atoms with Crippen LogP contribution in [-0.2, 0) is 28.6 Å². The van der Waals surface area contributed by atoms with E-state index < -0.39 is 16.0 Å². The van der Waals surface area contributed by atoms with E-state index >= 15 is 0 Å². The summed E-state index contributed by atoms with van der Waals surface area (Å²) in [5, 5.41) is 0. The topological polar surface area (TPSA) is 86.7 Å². The summed E-state index contributed by atoms with van der Waals surface area (Å²) in [6.45, 7) is 3.89. The van der Waals surface area contributed by atoms with E-state index in [0.29, 0.717) is 12.7 Å². The van der Waals surface area contributed by atoms with Crippen molar-refractivity contribution < 1.29 is 26.9 Å². The number of carbonyl (C=O) groups is 2. The number of aldehydes is 1. The van der Waals surface area contributed by atoms with Crippen LogP contribution in [0.5, 0.6) is 0 Å². The van der Waals surface area contributed by atoms with Crippen LogP contribution >= 0.6 is 0 Å². The second-order valence-corrected chi connectivity index (χ2v) is 11.8. The lowest BCUT2D eigenvalue weighted by molar-refractivity contribution is -0.145. The monoisotopic (exact) mass is 538 g/mol. The van der Waals surface area contributed by atoms with Crippen LogP contribution in [0.2, 0.25) is 0 Å². The molecule has 1 unspecified atom stereocenters. The molecule has 7 heteroatoms. The molecule has 0 fully saturated rings. The van der Waals surface area contributed by atoms with Gasteiger partial charge in [0.05, 0.1) is 18.1 Å². The molecule has 1 aromatic carbocycles. The highest BCUT2D eigenvalue weighted by atomic mass is 32.2. The van der Waals surface area contributed by atoms with Crippen molar-refractivity contribution in [3.05, 3.63) is 29.8 Å². The fraction of sp³-hybridized carbons (Fsp3) is 0.733. The van der Waals surface area contributed by atoms with E-state index in [1.807, 2.05) is 6.92 Å². The predicted molar refractivity (Wildman–Crippen MR) is 149 cm³/mol. The van der Waals surface area contributed by atoms with Crippen molar-refractivity contribution in [1.82, 2.24) is 0 Å². The van der Waals surface area contributed by atoms with Gasteiger partial charge in [0.15, 0.2) is 0 Å². The Hall–Kier alpha value is -1.73. The molecule has 0 aromatic heterocycles. The molecule has 0 bridgehead atoms. The highest BCUT2D eigenvalue weighted by Gasteiger charge is 2.19. The Kier molecular flexibility index (Phi) is 19.1. The van der Waals surface area contributed by atoms with Gasteiger partial charge in [-0.2, -0.15) is 8.42 Å². The SMILES string of the molecule is CCCCCCCCCCCCCCCCCC(=O)OCC(CC=O)COS(=O)(=O)c1ccc(C)cc1. The van der Waals surface area contributed by atoms with Crippen molar-refractivity contribution in [1.29, 1.82) is 0 Å². The van der Waals surface area contributed by atoms with Crippen molar-refractivity contribution in [3.8, 4) is 0 Å². The second-order valence-electron chi connectivity index (χ2n) is 10.2. The second kappa shape index (κ2) is 21.2. The molecule has 0 spiro atoms. The van der Waals surface area contributed by atoms with E-state index in [4.69, 9.17) is 8.92 Å². The van der Waals surface area contributed by atoms with Crippen molar-refractivity contribution in [2.24, 2.45) is 5.92 Å². The number of hydrogen-bond donors (Lipinski definition) is 0. The zero-order valence-corrected chi connectivity index (χ0v) is 24.1. The van der Waals surface area contributed by atoms with Gasteiger partial charge in [-0.1, -0.05) is 115 Å². The number of benzene rings is 1. The van der Waals surface area contributed by atoms with Crippen molar-refractivity contribution in [2.45, 2.75) is 128 Å². The summed E-state index contributed by atoms with van der Waals surface area (Å²) in [6, 6.07) is 6.35. The number of rotatable bonds is 24. The van der Waals surface area contributed by atoms with Crippen LogP contribution in [0.4, 0.5) is 0 Å². The Morgan fingerprint density at radius 1 is 0.784 bits per heavy atom. The van der Waals surface area contributed by atoms with Gasteiger partial charge in [-0.3, -0.25) is 8.98 Å². The van der Waals surface area contributed by atoms with Gasteiger partial charge in [-0.25, -0.2) is 0 Å². The summed E-state index contributed by atoms with van der Waals surface area (Å²) in [5.41, 5.74) is 0.943. The summed E-state index contributed by atoms with van der Waals surface area (Å²) < 4.78 is 35.1. The first-order chi connectivity index (χ1) is 17.9. The maximum Gasteiger partial charge on any atom is 0.305 e. The molecule has 1 atom stereocenters. The van der Waals surface area contributed by atoms with Gasteiger partial charge >= 0.3 is 5.97 Å². The maximum absolute atomic E-state index is 12.3. The summed E-state index contributed by atoms with van der Waals surface area (Å²) >= 11 is 0. The molecule has 212 valence electrons. The van der Waals surface area contributed by atoms with Gasteiger partial charge in [0, 0.05) is 18.8 Å². The van der Waals surface area contributed by atoms with Crippen LogP contribution in [-0.4, -0.2) is 33.9 Å². The van der Waals surface area contributed by atoms with Crippen LogP contribution in [0.3, 0.4) is 0 Å². The van der Waals surface area contributed by atoms with Crippen LogP contribution < -0.4 is 0 Å². The van der Waals surface area contributed by atoms with Crippen molar-refractivity contribution >= 4 is 22.4 Å². The molecule has 0 saturated heterocycles. The number of hydrogen-bond acceptors (Lipinski definition) is 6. The van der Waals surface area contributed by atoms with E-state index in [2.05, 4.69) is 6.92 Å². The molecule has 6 nitrogen and oxygen atoms in total. The third-order valence-corrected chi connectivity index (χ3v) is 7.96. The average Bonchev–Trinajstić information content (AvgIpc) is 2.88. The Morgan fingerprint density at radius 3 is 1.76 bits per heavy atom. The first-order valence-electron chi connectivity index (χ1n) is 14.4. The van der Waals surface area contributed by atoms with Crippen LogP contribution in [0.25, 0.3) is 0 Å². The lowest BCUT2D eigenvalue weighted by Crippen LogP contribution is -2.21. The van der Waals surface area contributed by atoms with Gasteiger partial charge in [0.1, 0.15) is 6.29 Å². The van der Waals surface area contributed by atoms with Crippen molar-refractivity contribution in [2.75, 3.05) is 13.2 Å². The number of carbonyl (C=O) groups excluding carboxylic acids is 2. The van der Waals surface area contributed by atoms with Crippen LogP contribution in [0, 0.1) is 12.8 Å². The average molecular weight is 539 g/mol. The molecule has 0 radical (unpaired) electrons. The lowest BCUT2D eigenvalue weighted by atomic mass is 10.0. The largest absolute Gasteiger partial charge is 0.465 e. The van der Waals surface area contributed by atoms with E-state index in [-0.39, 0.29) is 30.5 Å². The molecule has 0 amide bonds. The van der Waals surface area contributed by atoms with Gasteiger partial charge in [0.25, 0.3) is 10.1 Å². The highest BCUT2D eigenvalue weighted by molar-refractivity contribution is 7.86. The minimum absolute atomic E-state index is 0.0280. The Balaban J connectivity index is 2.07. The molecule has 37 heavy (non-hydrogen) atoms. The highest BCUT2D eigenvalue weighted by Crippen LogP contribution is 2.16. The zero-order chi connectivity index (χ0) is 27.2. The summed E-state index contributed by atoms with van der Waals surface area (Å²) in [7, 11) is -3.92. The van der Waals surface area contributed by atoms with Crippen LogP contribution in [0.15, 0.2) is 29.2 Å². The molecule has 0 heterocycles. The number of unbranched alkanes of at least 4 members (excludes halogenated alkanes) is 14. The first kappa shape index (κ1) is 33.3. The molecule has 0 saturated carbocycles. The van der Waals surface area contributed by atoms with E-state index in [1.165, 1.54) is 89.2 Å². The lowest BCUT2D eigenvalue weighted by Gasteiger charge is -2.15. The third kappa shape index (κ3) is 17.4. The fourth-order valence-corrected chi connectivity index (χ4v) is 5.18. The maximum atomic E-state index is 12.3. The molecule has 0 aliphatic heterocycles. The Labute approximate surface area is 226 Å². The molecular formula is C30H50O6S. The molecule has 0 aliphatic carbocycles. The van der Waals surface area contributed by atoms with Crippen molar-refractivity contribution in [3.63, 3.8) is 0 Å². The molecule has 0 N–H and O–H groups in total. The summed E-state index contributed by atoms with van der Waals surface area (Å²) in [6.07, 6.45) is 20.1. The standard InChI is InChI=1S/C30H50O6S/c1-3-4-5-6-7-8-9-10-11-12-13-14-15-16-17-18-30(32)35-25-28(23-24-31)26-36-37(33,34)29-21-19-27(2)20-22-29/h19-22,24,28H,3-18,23,25-26H2,1-2H3. The fourth-order valence-electron chi connectivity index (χ4n) is 4.20. The smallest absolute Gasteiger partial charge is 0.305 e. The normalized spacial score (nSPS) is 12.4. The van der Waals surface area contributed by atoms with E-state index in [9.17, 15) is 18.0 Å².